The summed E-state index contributed by atoms with van der Waals surface area (Å²) in [5, 5.41) is 4.47. The van der Waals surface area contributed by atoms with Crippen LogP contribution in [0, 0.1) is 0 Å². The summed E-state index contributed by atoms with van der Waals surface area (Å²) in [7, 11) is 0. The van der Waals surface area contributed by atoms with E-state index in [0.29, 0.717) is 28.5 Å². The van der Waals surface area contributed by atoms with Gasteiger partial charge in [0.25, 0.3) is 0 Å². The van der Waals surface area contributed by atoms with Crippen molar-refractivity contribution in [3.8, 4) is 5.75 Å². The molecule has 2 rings (SSSR count). The van der Waals surface area contributed by atoms with Gasteiger partial charge in [0.1, 0.15) is 12.4 Å². The van der Waals surface area contributed by atoms with Crippen LogP contribution in [0.15, 0.2) is 18.2 Å². The molecule has 106 valence electrons. The maximum absolute atomic E-state index is 5.92. The Morgan fingerprint density at radius 1 is 1.21 bits per heavy atom. The van der Waals surface area contributed by atoms with E-state index in [0.717, 1.165) is 25.9 Å². The number of nitrogens with one attached hydrogen (secondary N) is 1. The first-order valence-corrected chi connectivity index (χ1v) is 7.38. The zero-order valence-corrected chi connectivity index (χ0v) is 12.5. The smallest absolute Gasteiger partial charge is 0.122 e. The lowest BCUT2D eigenvalue weighted by atomic mass is 10.2. The van der Waals surface area contributed by atoms with Gasteiger partial charge in [-0.25, -0.2) is 0 Å². The summed E-state index contributed by atoms with van der Waals surface area (Å²) >= 11 is 11.8. The highest BCUT2D eigenvalue weighted by molar-refractivity contribution is 6.34. The molecule has 3 nitrogen and oxygen atoms in total. The molecule has 0 saturated carbocycles. The molecule has 1 fully saturated rings. The fraction of sp³-hybridized carbons (Fsp3) is 0.571. The van der Waals surface area contributed by atoms with Crippen LogP contribution in [0.25, 0.3) is 0 Å². The molecule has 1 saturated heterocycles. The molecule has 1 N–H and O–H groups in total. The molecular formula is C14H19Cl2NO2. The van der Waals surface area contributed by atoms with E-state index < -0.39 is 0 Å². The SMILES string of the molecule is CCNCC1CCC(COc2cc(Cl)cc(Cl)c2)O1. The van der Waals surface area contributed by atoms with Crippen molar-refractivity contribution in [2.45, 2.75) is 32.0 Å². The average molecular weight is 304 g/mol. The molecule has 5 heteroatoms. The minimum absolute atomic E-state index is 0.154. The Hall–Kier alpha value is -0.480. The Labute approximate surface area is 124 Å². The lowest BCUT2D eigenvalue weighted by Crippen LogP contribution is -2.28. The Kier molecular flexibility index (Phi) is 5.76. The van der Waals surface area contributed by atoms with Crippen molar-refractivity contribution < 1.29 is 9.47 Å². The molecular weight excluding hydrogens is 285 g/mol. The molecule has 19 heavy (non-hydrogen) atoms. The summed E-state index contributed by atoms with van der Waals surface area (Å²) < 4.78 is 11.6. The maximum atomic E-state index is 5.92. The Morgan fingerprint density at radius 3 is 2.58 bits per heavy atom. The van der Waals surface area contributed by atoms with Gasteiger partial charge in [0.2, 0.25) is 0 Å². The van der Waals surface area contributed by atoms with Crippen LogP contribution in [-0.2, 0) is 4.74 Å². The number of ether oxygens (including phenoxy) is 2. The first-order chi connectivity index (χ1) is 9.17. The topological polar surface area (TPSA) is 30.5 Å². The molecule has 2 atom stereocenters. The van der Waals surface area contributed by atoms with E-state index in [4.69, 9.17) is 32.7 Å². The summed E-state index contributed by atoms with van der Waals surface area (Å²) in [5.41, 5.74) is 0. The average Bonchev–Trinajstić information content (AvgIpc) is 2.81. The predicted molar refractivity (Wildman–Crippen MR) is 78.4 cm³/mol. The largest absolute Gasteiger partial charge is 0.491 e. The first-order valence-electron chi connectivity index (χ1n) is 6.62. The van der Waals surface area contributed by atoms with Crippen LogP contribution in [-0.4, -0.2) is 31.9 Å². The fourth-order valence-corrected chi connectivity index (χ4v) is 2.67. The van der Waals surface area contributed by atoms with Gasteiger partial charge >= 0.3 is 0 Å². The van der Waals surface area contributed by atoms with E-state index >= 15 is 0 Å². The molecule has 1 aliphatic heterocycles. The molecule has 0 bridgehead atoms. The maximum Gasteiger partial charge on any atom is 0.122 e. The van der Waals surface area contributed by atoms with Crippen molar-refractivity contribution in [1.29, 1.82) is 0 Å². The zero-order valence-electron chi connectivity index (χ0n) is 11.0. The predicted octanol–water partition coefficient (Wildman–Crippen LogP) is 3.53. The molecule has 0 aliphatic carbocycles. The van der Waals surface area contributed by atoms with Crippen LogP contribution in [0.2, 0.25) is 10.0 Å². The first kappa shape index (κ1) is 14.9. The molecule has 0 radical (unpaired) electrons. The van der Waals surface area contributed by atoms with Crippen molar-refractivity contribution >= 4 is 23.2 Å². The third-order valence-electron chi connectivity index (χ3n) is 3.09. The van der Waals surface area contributed by atoms with Crippen molar-refractivity contribution in [2.24, 2.45) is 0 Å². The normalized spacial score (nSPS) is 22.7. The Morgan fingerprint density at radius 2 is 1.89 bits per heavy atom. The lowest BCUT2D eigenvalue weighted by molar-refractivity contribution is 0.0188. The quantitative estimate of drug-likeness (QED) is 0.872. The minimum Gasteiger partial charge on any atom is -0.491 e. The van der Waals surface area contributed by atoms with Crippen LogP contribution in [0.5, 0.6) is 5.75 Å². The number of benzene rings is 1. The molecule has 1 aromatic carbocycles. The van der Waals surface area contributed by atoms with Gasteiger partial charge in [-0.15, -0.1) is 0 Å². The van der Waals surface area contributed by atoms with Gasteiger partial charge in [0.15, 0.2) is 0 Å². The van der Waals surface area contributed by atoms with E-state index in [-0.39, 0.29) is 6.10 Å². The third-order valence-corrected chi connectivity index (χ3v) is 3.53. The van der Waals surface area contributed by atoms with Gasteiger partial charge in [0, 0.05) is 16.6 Å². The third kappa shape index (κ3) is 4.84. The van der Waals surface area contributed by atoms with Crippen molar-refractivity contribution in [3.05, 3.63) is 28.2 Å². The molecule has 1 aliphatic rings. The lowest BCUT2D eigenvalue weighted by Gasteiger charge is -2.15. The highest BCUT2D eigenvalue weighted by Gasteiger charge is 2.25. The van der Waals surface area contributed by atoms with Gasteiger partial charge in [-0.1, -0.05) is 30.1 Å². The summed E-state index contributed by atoms with van der Waals surface area (Å²) in [6, 6.07) is 5.21. The van der Waals surface area contributed by atoms with Crippen LogP contribution < -0.4 is 10.1 Å². The number of hydrogen-bond donors (Lipinski definition) is 1. The number of hydrogen-bond acceptors (Lipinski definition) is 3. The second-order valence-corrected chi connectivity index (χ2v) is 5.55. The fourth-order valence-electron chi connectivity index (χ4n) is 2.16. The highest BCUT2D eigenvalue weighted by atomic mass is 35.5. The zero-order chi connectivity index (χ0) is 13.7. The summed E-state index contributed by atoms with van der Waals surface area (Å²) in [4.78, 5) is 0. The number of rotatable bonds is 6. The van der Waals surface area contributed by atoms with Crippen molar-refractivity contribution in [1.82, 2.24) is 5.32 Å². The van der Waals surface area contributed by atoms with Crippen molar-refractivity contribution in [3.63, 3.8) is 0 Å². The Bertz CT molecular complexity index is 394. The second-order valence-electron chi connectivity index (χ2n) is 4.68. The molecule has 1 aromatic rings. The number of likely N-dealkylation sites (N-methyl/N-ethyl adjacent to an activating group) is 1. The second kappa shape index (κ2) is 7.34. The summed E-state index contributed by atoms with van der Waals surface area (Å²) in [6.07, 6.45) is 2.57. The van der Waals surface area contributed by atoms with Crippen LogP contribution >= 0.6 is 23.2 Å². The van der Waals surface area contributed by atoms with E-state index in [1.54, 1.807) is 18.2 Å². The van der Waals surface area contributed by atoms with E-state index in [1.807, 2.05) is 0 Å². The monoisotopic (exact) mass is 303 g/mol. The van der Waals surface area contributed by atoms with Gasteiger partial charge in [0.05, 0.1) is 12.2 Å². The van der Waals surface area contributed by atoms with Crippen LogP contribution in [0.3, 0.4) is 0 Å². The summed E-state index contributed by atoms with van der Waals surface area (Å²) in [5.74, 6) is 0.691. The van der Waals surface area contributed by atoms with E-state index in [2.05, 4.69) is 12.2 Å². The molecule has 1 heterocycles. The van der Waals surface area contributed by atoms with Gasteiger partial charge < -0.3 is 14.8 Å². The molecule has 0 amide bonds. The van der Waals surface area contributed by atoms with Gasteiger partial charge in [-0.3, -0.25) is 0 Å². The van der Waals surface area contributed by atoms with Crippen LogP contribution in [0.1, 0.15) is 19.8 Å². The van der Waals surface area contributed by atoms with E-state index in [9.17, 15) is 0 Å². The summed E-state index contributed by atoms with van der Waals surface area (Å²) in [6.45, 7) is 4.52. The Balaban J connectivity index is 1.77. The van der Waals surface area contributed by atoms with E-state index in [1.165, 1.54) is 0 Å². The standard InChI is InChI=1S/C14H19Cl2NO2/c1-2-17-8-12-3-4-13(19-12)9-18-14-6-10(15)5-11(16)7-14/h5-7,12-13,17H,2-4,8-9H2,1H3. The van der Waals surface area contributed by atoms with Gasteiger partial charge in [-0.05, 0) is 37.6 Å². The van der Waals surface area contributed by atoms with Crippen LogP contribution in [0.4, 0.5) is 0 Å². The minimum atomic E-state index is 0.154. The highest BCUT2D eigenvalue weighted by Crippen LogP contribution is 2.25. The molecule has 2 unspecified atom stereocenters. The van der Waals surface area contributed by atoms with Crippen molar-refractivity contribution in [2.75, 3.05) is 19.7 Å². The molecule has 0 spiro atoms. The number of halogens is 2. The molecule has 0 aromatic heterocycles. The van der Waals surface area contributed by atoms with Gasteiger partial charge in [-0.2, -0.15) is 0 Å².